The van der Waals surface area contributed by atoms with Gasteiger partial charge in [-0.15, -0.1) is 0 Å². The molecule has 0 saturated heterocycles. The third-order valence-electron chi connectivity index (χ3n) is 2.49. The molecule has 90 valence electrons. The lowest BCUT2D eigenvalue weighted by atomic mass is 10.1. The third kappa shape index (κ3) is 2.66. The second kappa shape index (κ2) is 4.74. The molecular formula is C11H15F3N2. The number of nitrogens with zero attached hydrogens (tertiary/aromatic N) is 1. The molecule has 0 bridgehead atoms. The average Bonchev–Trinajstić information content (AvgIpc) is 2.26. The van der Waals surface area contributed by atoms with E-state index >= 15 is 0 Å². The van der Waals surface area contributed by atoms with Crippen LogP contribution in [-0.4, -0.2) is 13.6 Å². The third-order valence-corrected chi connectivity index (χ3v) is 2.49. The fourth-order valence-electron chi connectivity index (χ4n) is 1.44. The van der Waals surface area contributed by atoms with E-state index in [1.54, 1.807) is 24.9 Å². The van der Waals surface area contributed by atoms with E-state index in [1.807, 2.05) is 0 Å². The first kappa shape index (κ1) is 12.8. The minimum absolute atomic E-state index is 0.110. The van der Waals surface area contributed by atoms with Crippen molar-refractivity contribution in [1.82, 2.24) is 0 Å². The van der Waals surface area contributed by atoms with E-state index in [9.17, 15) is 13.2 Å². The van der Waals surface area contributed by atoms with Crippen molar-refractivity contribution in [3.63, 3.8) is 0 Å². The predicted octanol–water partition coefficient (Wildman–Crippen LogP) is 2.62. The second-order valence-corrected chi connectivity index (χ2v) is 3.57. The largest absolute Gasteiger partial charge is 0.418 e. The quantitative estimate of drug-likeness (QED) is 0.868. The van der Waals surface area contributed by atoms with Crippen molar-refractivity contribution in [2.24, 2.45) is 5.73 Å². The number of rotatable bonds is 3. The van der Waals surface area contributed by atoms with Crippen molar-refractivity contribution >= 4 is 5.69 Å². The number of anilines is 1. The van der Waals surface area contributed by atoms with E-state index in [2.05, 4.69) is 0 Å². The first-order valence-electron chi connectivity index (χ1n) is 5.01. The van der Waals surface area contributed by atoms with Crippen molar-refractivity contribution in [3.8, 4) is 0 Å². The van der Waals surface area contributed by atoms with E-state index in [-0.39, 0.29) is 12.2 Å². The Bertz CT molecular complexity index is 361. The minimum atomic E-state index is -4.34. The maximum absolute atomic E-state index is 12.8. The molecule has 0 aliphatic rings. The topological polar surface area (TPSA) is 29.3 Å². The Kier molecular flexibility index (Phi) is 3.80. The van der Waals surface area contributed by atoms with Crippen LogP contribution in [0.25, 0.3) is 0 Å². The number of nitrogens with two attached hydrogens (primary N) is 1. The molecule has 1 aromatic rings. The van der Waals surface area contributed by atoms with Crippen LogP contribution in [0, 0.1) is 0 Å². The van der Waals surface area contributed by atoms with Gasteiger partial charge in [-0.1, -0.05) is 6.07 Å². The highest BCUT2D eigenvalue weighted by atomic mass is 19.4. The first-order valence-corrected chi connectivity index (χ1v) is 5.01. The molecular weight excluding hydrogens is 217 g/mol. The lowest BCUT2D eigenvalue weighted by Gasteiger charge is -2.22. The highest BCUT2D eigenvalue weighted by Crippen LogP contribution is 2.36. The fraction of sp³-hybridized carbons (Fsp3) is 0.455. The van der Waals surface area contributed by atoms with Crippen LogP contribution >= 0.6 is 0 Å². The summed E-state index contributed by atoms with van der Waals surface area (Å²) in [6, 6.07) is 4.20. The van der Waals surface area contributed by atoms with Gasteiger partial charge in [0, 0.05) is 25.8 Å². The molecule has 0 aromatic heterocycles. The van der Waals surface area contributed by atoms with Gasteiger partial charge >= 0.3 is 6.18 Å². The second-order valence-electron chi connectivity index (χ2n) is 3.57. The van der Waals surface area contributed by atoms with Gasteiger partial charge in [-0.2, -0.15) is 13.2 Å². The molecule has 0 aliphatic heterocycles. The maximum atomic E-state index is 12.8. The van der Waals surface area contributed by atoms with Crippen molar-refractivity contribution < 1.29 is 13.2 Å². The van der Waals surface area contributed by atoms with Gasteiger partial charge in [0.25, 0.3) is 0 Å². The summed E-state index contributed by atoms with van der Waals surface area (Å²) in [5.74, 6) is 0. The van der Waals surface area contributed by atoms with Crippen LogP contribution in [0.1, 0.15) is 18.1 Å². The highest BCUT2D eigenvalue weighted by Gasteiger charge is 2.34. The van der Waals surface area contributed by atoms with Crippen LogP contribution in [0.15, 0.2) is 18.2 Å². The molecule has 0 aliphatic carbocycles. The monoisotopic (exact) mass is 232 g/mol. The standard InChI is InChI=1S/C11H15F3N2/c1-3-16(2)10-5-4-8(7-15)6-9(10)11(12,13)14/h4-6H,3,7,15H2,1-2H3. The zero-order valence-corrected chi connectivity index (χ0v) is 9.30. The summed E-state index contributed by atoms with van der Waals surface area (Å²) in [5, 5.41) is 0. The summed E-state index contributed by atoms with van der Waals surface area (Å²) >= 11 is 0. The summed E-state index contributed by atoms with van der Waals surface area (Å²) in [7, 11) is 1.63. The zero-order valence-electron chi connectivity index (χ0n) is 9.30. The normalized spacial score (nSPS) is 11.6. The minimum Gasteiger partial charge on any atom is -0.374 e. The van der Waals surface area contributed by atoms with Crippen molar-refractivity contribution in [1.29, 1.82) is 0 Å². The summed E-state index contributed by atoms with van der Waals surface area (Å²) in [4.78, 5) is 1.56. The lowest BCUT2D eigenvalue weighted by Crippen LogP contribution is -2.21. The maximum Gasteiger partial charge on any atom is 0.418 e. The first-order chi connectivity index (χ1) is 7.40. The number of alkyl halides is 3. The summed E-state index contributed by atoms with van der Waals surface area (Å²) in [6.07, 6.45) is -4.34. The van der Waals surface area contributed by atoms with Crippen LogP contribution in [0.5, 0.6) is 0 Å². The van der Waals surface area contributed by atoms with Gasteiger partial charge in [-0.05, 0) is 24.6 Å². The van der Waals surface area contributed by atoms with Crippen LogP contribution in [-0.2, 0) is 12.7 Å². The molecule has 0 saturated carbocycles. The van der Waals surface area contributed by atoms with Crippen LogP contribution < -0.4 is 10.6 Å². The molecule has 0 heterocycles. The molecule has 0 spiro atoms. The van der Waals surface area contributed by atoms with Crippen molar-refractivity contribution in [3.05, 3.63) is 29.3 Å². The van der Waals surface area contributed by atoms with Crippen LogP contribution in [0.2, 0.25) is 0 Å². The van der Waals surface area contributed by atoms with E-state index < -0.39 is 11.7 Å². The molecule has 1 rings (SSSR count). The zero-order chi connectivity index (χ0) is 12.3. The van der Waals surface area contributed by atoms with Crippen molar-refractivity contribution in [2.45, 2.75) is 19.6 Å². The van der Waals surface area contributed by atoms with E-state index in [4.69, 9.17) is 5.73 Å². The van der Waals surface area contributed by atoms with Crippen LogP contribution in [0.3, 0.4) is 0 Å². The summed E-state index contributed by atoms with van der Waals surface area (Å²) in [5.41, 5.74) is 5.39. The molecule has 2 N–H and O–H groups in total. The Morgan fingerprint density at radius 1 is 1.31 bits per heavy atom. The Morgan fingerprint density at radius 3 is 2.38 bits per heavy atom. The van der Waals surface area contributed by atoms with Gasteiger partial charge in [0.05, 0.1) is 5.56 Å². The van der Waals surface area contributed by atoms with Gasteiger partial charge in [-0.25, -0.2) is 0 Å². The van der Waals surface area contributed by atoms with E-state index in [0.717, 1.165) is 6.07 Å². The van der Waals surface area contributed by atoms with Gasteiger partial charge in [0.15, 0.2) is 0 Å². The average molecular weight is 232 g/mol. The molecule has 2 nitrogen and oxygen atoms in total. The van der Waals surface area contributed by atoms with Gasteiger partial charge in [-0.3, -0.25) is 0 Å². The molecule has 0 fully saturated rings. The molecule has 5 heteroatoms. The molecule has 1 aromatic carbocycles. The number of halogens is 3. The van der Waals surface area contributed by atoms with Crippen LogP contribution in [0.4, 0.5) is 18.9 Å². The Morgan fingerprint density at radius 2 is 1.94 bits per heavy atom. The Hall–Kier alpha value is -1.23. The molecule has 16 heavy (non-hydrogen) atoms. The number of benzene rings is 1. The molecule has 0 unspecified atom stereocenters. The van der Waals surface area contributed by atoms with Gasteiger partial charge < -0.3 is 10.6 Å². The fourth-order valence-corrected chi connectivity index (χ4v) is 1.44. The molecule has 0 amide bonds. The van der Waals surface area contributed by atoms with E-state index in [0.29, 0.717) is 12.1 Å². The van der Waals surface area contributed by atoms with E-state index in [1.165, 1.54) is 6.07 Å². The summed E-state index contributed by atoms with van der Waals surface area (Å²) < 4.78 is 38.4. The summed E-state index contributed by atoms with van der Waals surface area (Å²) in [6.45, 7) is 2.43. The number of hydrogen-bond donors (Lipinski definition) is 1. The van der Waals surface area contributed by atoms with Gasteiger partial charge in [0.1, 0.15) is 0 Å². The predicted molar refractivity (Wildman–Crippen MR) is 58.3 cm³/mol. The lowest BCUT2D eigenvalue weighted by molar-refractivity contribution is -0.137. The molecule has 0 radical (unpaired) electrons. The van der Waals surface area contributed by atoms with Crippen molar-refractivity contribution in [2.75, 3.05) is 18.5 Å². The number of hydrogen-bond acceptors (Lipinski definition) is 2. The smallest absolute Gasteiger partial charge is 0.374 e. The Labute approximate surface area is 92.9 Å². The SMILES string of the molecule is CCN(C)c1ccc(CN)cc1C(F)(F)F. The molecule has 0 atom stereocenters. The highest BCUT2D eigenvalue weighted by molar-refractivity contribution is 5.55. The van der Waals surface area contributed by atoms with Gasteiger partial charge in [0.2, 0.25) is 0 Å². The Balaban J connectivity index is 3.27.